The zero-order valence-corrected chi connectivity index (χ0v) is 15.6. The minimum atomic E-state index is 0. The number of nitrogens with one attached hydrogen (secondary N) is 2. The van der Waals surface area contributed by atoms with E-state index in [4.69, 9.17) is 4.99 Å². The molecule has 1 aromatic heterocycles. The topological polar surface area (TPSA) is 39.7 Å². The number of halogens is 1. The number of likely N-dealkylation sites (N-methyl/N-ethyl adjacent to an activating group) is 1. The summed E-state index contributed by atoms with van der Waals surface area (Å²) in [6.07, 6.45) is 2.54. The number of guanidine groups is 1. The fourth-order valence-corrected chi connectivity index (χ4v) is 2.82. The number of thiophene rings is 1. The van der Waals surface area contributed by atoms with Gasteiger partial charge in [-0.25, -0.2) is 0 Å². The van der Waals surface area contributed by atoms with Gasteiger partial charge in [-0.1, -0.05) is 6.07 Å². The highest BCUT2D eigenvalue weighted by Gasteiger charge is 2.22. The lowest BCUT2D eigenvalue weighted by atomic mass is 10.2. The largest absolute Gasteiger partial charge is 0.357 e. The molecule has 114 valence electrons. The van der Waals surface area contributed by atoms with Crippen LogP contribution >= 0.6 is 35.3 Å². The number of aliphatic imine (C=N–C) groups is 1. The maximum Gasteiger partial charge on any atom is 0.191 e. The van der Waals surface area contributed by atoms with E-state index >= 15 is 0 Å². The molecule has 1 atom stereocenters. The van der Waals surface area contributed by atoms with Crippen LogP contribution in [-0.4, -0.2) is 44.1 Å². The van der Waals surface area contributed by atoms with E-state index < -0.39 is 0 Å². The Kier molecular flexibility index (Phi) is 7.83. The molecule has 0 spiro atoms. The van der Waals surface area contributed by atoms with Crippen LogP contribution in [0.1, 0.15) is 30.7 Å². The van der Waals surface area contributed by atoms with Crippen LogP contribution in [0.2, 0.25) is 0 Å². The Morgan fingerprint density at radius 3 is 2.75 bits per heavy atom. The van der Waals surface area contributed by atoms with Crippen LogP contribution in [0.15, 0.2) is 22.5 Å². The van der Waals surface area contributed by atoms with Crippen molar-refractivity contribution in [3.63, 3.8) is 0 Å². The molecule has 2 N–H and O–H groups in total. The average molecular weight is 408 g/mol. The Bertz CT molecular complexity index is 401. The van der Waals surface area contributed by atoms with Crippen molar-refractivity contribution in [3.8, 4) is 0 Å². The van der Waals surface area contributed by atoms with Crippen molar-refractivity contribution < 1.29 is 0 Å². The van der Waals surface area contributed by atoms with Crippen LogP contribution in [0.5, 0.6) is 0 Å². The van der Waals surface area contributed by atoms with Gasteiger partial charge in [0.1, 0.15) is 0 Å². The van der Waals surface area contributed by atoms with Crippen molar-refractivity contribution in [2.24, 2.45) is 4.99 Å². The maximum absolute atomic E-state index is 4.73. The monoisotopic (exact) mass is 408 g/mol. The van der Waals surface area contributed by atoms with E-state index in [2.05, 4.69) is 54.1 Å². The van der Waals surface area contributed by atoms with Crippen molar-refractivity contribution in [3.05, 3.63) is 22.4 Å². The van der Waals surface area contributed by atoms with Crippen LogP contribution < -0.4 is 10.6 Å². The molecule has 1 aliphatic carbocycles. The van der Waals surface area contributed by atoms with E-state index in [1.807, 2.05) is 0 Å². The van der Waals surface area contributed by atoms with Gasteiger partial charge in [0.2, 0.25) is 0 Å². The molecular formula is C14H25IN4S. The molecule has 0 aromatic carbocycles. The van der Waals surface area contributed by atoms with Crippen LogP contribution in [0.4, 0.5) is 0 Å². The summed E-state index contributed by atoms with van der Waals surface area (Å²) in [4.78, 5) is 8.33. The lowest BCUT2D eigenvalue weighted by Crippen LogP contribution is -2.39. The van der Waals surface area contributed by atoms with Crippen LogP contribution in [-0.2, 0) is 0 Å². The molecule has 1 aromatic rings. The van der Waals surface area contributed by atoms with Crippen LogP contribution in [0.3, 0.4) is 0 Å². The van der Waals surface area contributed by atoms with Gasteiger partial charge in [-0.3, -0.25) is 4.99 Å². The second kappa shape index (κ2) is 8.84. The molecule has 1 fully saturated rings. The van der Waals surface area contributed by atoms with Gasteiger partial charge in [-0.15, -0.1) is 35.3 Å². The van der Waals surface area contributed by atoms with Gasteiger partial charge in [0.15, 0.2) is 5.96 Å². The number of hydrogen-bond donors (Lipinski definition) is 2. The fourth-order valence-electron chi connectivity index (χ4n) is 1.91. The number of rotatable bonds is 6. The van der Waals surface area contributed by atoms with Gasteiger partial charge in [0.05, 0.1) is 12.6 Å². The first-order valence-electron chi connectivity index (χ1n) is 6.95. The average Bonchev–Trinajstić information content (AvgIpc) is 3.02. The van der Waals surface area contributed by atoms with Crippen LogP contribution in [0, 0.1) is 0 Å². The molecule has 4 nitrogen and oxygen atoms in total. The molecule has 20 heavy (non-hydrogen) atoms. The predicted octanol–water partition coefficient (Wildman–Crippen LogP) is 2.69. The fraction of sp³-hybridized carbons (Fsp3) is 0.643. The highest BCUT2D eigenvalue weighted by atomic mass is 127. The molecular weight excluding hydrogens is 383 g/mol. The zero-order chi connectivity index (χ0) is 13.7. The smallest absolute Gasteiger partial charge is 0.191 e. The van der Waals surface area contributed by atoms with Crippen LogP contribution in [0.25, 0.3) is 0 Å². The van der Waals surface area contributed by atoms with E-state index in [0.717, 1.165) is 19.0 Å². The molecule has 0 amide bonds. The van der Waals surface area contributed by atoms with Gasteiger partial charge in [0.25, 0.3) is 0 Å². The summed E-state index contributed by atoms with van der Waals surface area (Å²) in [6.45, 7) is 3.80. The minimum absolute atomic E-state index is 0. The normalized spacial score (nSPS) is 16.7. The Hall–Kier alpha value is -0.340. The lowest BCUT2D eigenvalue weighted by Gasteiger charge is -2.22. The summed E-state index contributed by atoms with van der Waals surface area (Å²) in [5, 5.41) is 8.90. The molecule has 0 bridgehead atoms. The summed E-state index contributed by atoms with van der Waals surface area (Å²) in [5.74, 6) is 0.952. The summed E-state index contributed by atoms with van der Waals surface area (Å²) >= 11 is 1.80. The van der Waals surface area contributed by atoms with E-state index in [1.54, 1.807) is 11.3 Å². The first kappa shape index (κ1) is 17.7. The number of nitrogens with zero attached hydrogens (tertiary/aromatic N) is 2. The van der Waals surface area contributed by atoms with Crippen molar-refractivity contribution in [2.75, 3.05) is 27.2 Å². The summed E-state index contributed by atoms with van der Waals surface area (Å²) < 4.78 is 0. The van der Waals surface area contributed by atoms with E-state index in [0.29, 0.717) is 12.1 Å². The maximum atomic E-state index is 4.73. The Labute approximate surface area is 143 Å². The summed E-state index contributed by atoms with van der Waals surface area (Å²) in [5.41, 5.74) is 0. The van der Waals surface area contributed by atoms with E-state index in [1.165, 1.54) is 17.7 Å². The zero-order valence-electron chi connectivity index (χ0n) is 12.4. The highest BCUT2D eigenvalue weighted by Crippen LogP contribution is 2.23. The van der Waals surface area contributed by atoms with Crippen molar-refractivity contribution >= 4 is 41.3 Å². The first-order valence-corrected chi connectivity index (χ1v) is 7.83. The Morgan fingerprint density at radius 1 is 1.50 bits per heavy atom. The lowest BCUT2D eigenvalue weighted by molar-refractivity contribution is 0.310. The van der Waals surface area contributed by atoms with Crippen molar-refractivity contribution in [2.45, 2.75) is 31.8 Å². The summed E-state index contributed by atoms with van der Waals surface area (Å²) in [7, 11) is 4.22. The molecule has 0 saturated heterocycles. The van der Waals surface area contributed by atoms with Gasteiger partial charge in [-0.2, -0.15) is 0 Å². The van der Waals surface area contributed by atoms with Gasteiger partial charge in [0, 0.05) is 17.5 Å². The minimum Gasteiger partial charge on any atom is -0.357 e. The van der Waals surface area contributed by atoms with Gasteiger partial charge >= 0.3 is 0 Å². The molecule has 1 aliphatic rings. The Morgan fingerprint density at radius 2 is 2.25 bits per heavy atom. The molecule has 1 heterocycles. The van der Waals surface area contributed by atoms with Gasteiger partial charge in [-0.05, 0) is 45.3 Å². The van der Waals surface area contributed by atoms with Crippen molar-refractivity contribution in [1.29, 1.82) is 0 Å². The first-order chi connectivity index (χ1) is 9.20. The Balaban J connectivity index is 0.00000200. The SMILES string of the molecule is CCNC(=NCC(c1cccs1)N(C)C)NC1CC1.I. The molecule has 0 radical (unpaired) electrons. The second-order valence-corrected chi connectivity index (χ2v) is 6.11. The summed E-state index contributed by atoms with van der Waals surface area (Å²) in [6, 6.07) is 5.28. The van der Waals surface area contributed by atoms with Crippen molar-refractivity contribution in [1.82, 2.24) is 15.5 Å². The standard InChI is InChI=1S/C14H24N4S.HI/c1-4-15-14(17-11-7-8-11)16-10-12(18(2)3)13-6-5-9-19-13;/h5-6,9,11-12H,4,7-8,10H2,1-3H3,(H2,15,16,17);1H. The molecule has 1 saturated carbocycles. The second-order valence-electron chi connectivity index (χ2n) is 5.13. The highest BCUT2D eigenvalue weighted by molar-refractivity contribution is 14.0. The molecule has 1 unspecified atom stereocenters. The quantitative estimate of drug-likeness (QED) is 0.432. The van der Waals surface area contributed by atoms with E-state index in [-0.39, 0.29) is 24.0 Å². The molecule has 6 heteroatoms. The predicted molar refractivity (Wildman–Crippen MR) is 98.3 cm³/mol. The third kappa shape index (κ3) is 5.57. The molecule has 2 rings (SSSR count). The third-order valence-electron chi connectivity index (χ3n) is 3.18. The number of hydrogen-bond acceptors (Lipinski definition) is 3. The molecule has 0 aliphatic heterocycles. The third-order valence-corrected chi connectivity index (χ3v) is 4.15. The van der Waals surface area contributed by atoms with E-state index in [9.17, 15) is 0 Å². The van der Waals surface area contributed by atoms with Gasteiger partial charge < -0.3 is 15.5 Å².